The Morgan fingerprint density at radius 3 is 0.769 bits per heavy atom. The lowest BCUT2D eigenvalue weighted by molar-refractivity contribution is -0.167. The molecular weight excluding hydrogens is 805 g/mol. The van der Waals surface area contributed by atoms with Gasteiger partial charge in [-0.1, -0.05) is 224 Å². The zero-order valence-electron chi connectivity index (χ0n) is 43.5. The number of esters is 3. The van der Waals surface area contributed by atoms with Crippen molar-refractivity contribution < 1.29 is 28.6 Å². The first-order chi connectivity index (χ1) is 32.0. The van der Waals surface area contributed by atoms with Crippen LogP contribution in [0, 0.1) is 0 Å². The molecule has 65 heavy (non-hydrogen) atoms. The van der Waals surface area contributed by atoms with Gasteiger partial charge in [-0.2, -0.15) is 0 Å². The highest BCUT2D eigenvalue weighted by Crippen LogP contribution is 2.15. The zero-order valence-corrected chi connectivity index (χ0v) is 43.5. The fourth-order valence-electron chi connectivity index (χ4n) is 8.25. The van der Waals surface area contributed by atoms with E-state index in [1.165, 1.54) is 193 Å². The lowest BCUT2D eigenvalue weighted by Crippen LogP contribution is -2.30. The van der Waals surface area contributed by atoms with Crippen LogP contribution in [0.2, 0.25) is 0 Å². The summed E-state index contributed by atoms with van der Waals surface area (Å²) in [7, 11) is 0. The van der Waals surface area contributed by atoms with Crippen molar-refractivity contribution in [3.8, 4) is 0 Å². The number of allylic oxidation sites excluding steroid dienone is 6. The molecule has 0 aromatic carbocycles. The predicted octanol–water partition coefficient (Wildman–Crippen LogP) is 18.9. The van der Waals surface area contributed by atoms with Crippen molar-refractivity contribution in [3.63, 3.8) is 0 Å². The molecule has 0 radical (unpaired) electrons. The molecule has 1 unspecified atom stereocenters. The minimum atomic E-state index is -0.780. The fraction of sp³-hybridized carbons (Fsp3) is 0.847. The quantitative estimate of drug-likeness (QED) is 0.0262. The summed E-state index contributed by atoms with van der Waals surface area (Å²) >= 11 is 0. The highest BCUT2D eigenvalue weighted by molar-refractivity contribution is 5.71. The van der Waals surface area contributed by atoms with Crippen LogP contribution in [0.3, 0.4) is 0 Å². The highest BCUT2D eigenvalue weighted by atomic mass is 16.6. The maximum atomic E-state index is 12.8. The third-order valence-corrected chi connectivity index (χ3v) is 12.6. The van der Waals surface area contributed by atoms with Gasteiger partial charge in [-0.05, 0) is 96.3 Å². The summed E-state index contributed by atoms with van der Waals surface area (Å²) in [4.78, 5) is 38.1. The summed E-state index contributed by atoms with van der Waals surface area (Å²) in [6.07, 6.45) is 64.1. The second kappa shape index (κ2) is 54.2. The van der Waals surface area contributed by atoms with Gasteiger partial charge < -0.3 is 14.2 Å². The Morgan fingerprint density at radius 1 is 0.292 bits per heavy atom. The molecule has 0 aliphatic carbocycles. The molecule has 6 heteroatoms. The van der Waals surface area contributed by atoms with Crippen molar-refractivity contribution in [1.82, 2.24) is 0 Å². The monoisotopic (exact) mass is 913 g/mol. The molecule has 0 aromatic heterocycles. The van der Waals surface area contributed by atoms with Gasteiger partial charge >= 0.3 is 17.9 Å². The van der Waals surface area contributed by atoms with Gasteiger partial charge in [-0.25, -0.2) is 0 Å². The predicted molar refractivity (Wildman–Crippen MR) is 279 cm³/mol. The Balaban J connectivity index is 4.38. The van der Waals surface area contributed by atoms with Crippen LogP contribution < -0.4 is 0 Å². The molecule has 1 atom stereocenters. The second-order valence-electron chi connectivity index (χ2n) is 19.2. The SMILES string of the molecule is CCCCCCCC/C=C\CCCCCCCCCC(=O)OCC(COC(=O)CCCCCCC/C=C\CCCCCCCC)OC(=O)CCCCCCC/C=C\CCCCCCCC. The normalized spacial score (nSPS) is 12.2. The Labute approximate surface area is 404 Å². The van der Waals surface area contributed by atoms with Crippen molar-refractivity contribution in [1.29, 1.82) is 0 Å². The van der Waals surface area contributed by atoms with Crippen LogP contribution in [0.4, 0.5) is 0 Å². The van der Waals surface area contributed by atoms with Crippen molar-refractivity contribution in [2.75, 3.05) is 13.2 Å². The molecule has 0 amide bonds. The molecule has 0 aliphatic rings. The van der Waals surface area contributed by atoms with Gasteiger partial charge in [0.2, 0.25) is 0 Å². The van der Waals surface area contributed by atoms with Crippen LogP contribution in [-0.2, 0) is 28.6 Å². The van der Waals surface area contributed by atoms with Gasteiger partial charge in [0.25, 0.3) is 0 Å². The average Bonchev–Trinajstić information content (AvgIpc) is 3.30. The number of hydrogen-bond donors (Lipinski definition) is 0. The molecule has 0 aliphatic heterocycles. The molecule has 0 spiro atoms. The van der Waals surface area contributed by atoms with Crippen molar-refractivity contribution >= 4 is 17.9 Å². The molecule has 0 heterocycles. The van der Waals surface area contributed by atoms with E-state index in [1.807, 2.05) is 0 Å². The Morgan fingerprint density at radius 2 is 0.508 bits per heavy atom. The maximum absolute atomic E-state index is 12.8. The van der Waals surface area contributed by atoms with Gasteiger partial charge in [0.05, 0.1) is 0 Å². The van der Waals surface area contributed by atoms with E-state index in [-0.39, 0.29) is 31.1 Å². The van der Waals surface area contributed by atoms with Gasteiger partial charge in [0.15, 0.2) is 6.10 Å². The van der Waals surface area contributed by atoms with E-state index >= 15 is 0 Å². The molecule has 0 fully saturated rings. The molecule has 380 valence electrons. The van der Waals surface area contributed by atoms with Crippen LogP contribution in [-0.4, -0.2) is 37.2 Å². The van der Waals surface area contributed by atoms with Gasteiger partial charge in [0.1, 0.15) is 13.2 Å². The summed E-state index contributed by atoms with van der Waals surface area (Å²) in [5.74, 6) is -0.885. The van der Waals surface area contributed by atoms with E-state index in [2.05, 4.69) is 57.2 Å². The Bertz CT molecular complexity index is 1090. The second-order valence-corrected chi connectivity index (χ2v) is 19.2. The van der Waals surface area contributed by atoms with Crippen LogP contribution in [0.25, 0.3) is 0 Å². The number of hydrogen-bond acceptors (Lipinski definition) is 6. The third-order valence-electron chi connectivity index (χ3n) is 12.6. The molecule has 0 aromatic rings. The topological polar surface area (TPSA) is 78.9 Å². The van der Waals surface area contributed by atoms with E-state index in [9.17, 15) is 14.4 Å². The number of rotatable bonds is 52. The Kier molecular flexibility index (Phi) is 52.3. The molecule has 0 saturated heterocycles. The molecular formula is C59H108O6. The minimum Gasteiger partial charge on any atom is -0.462 e. The van der Waals surface area contributed by atoms with Crippen molar-refractivity contribution in [2.24, 2.45) is 0 Å². The molecule has 0 N–H and O–H groups in total. The van der Waals surface area contributed by atoms with Crippen molar-refractivity contribution in [2.45, 2.75) is 309 Å². The Hall–Kier alpha value is -2.37. The third kappa shape index (κ3) is 52.5. The van der Waals surface area contributed by atoms with Gasteiger partial charge in [-0.3, -0.25) is 14.4 Å². The summed E-state index contributed by atoms with van der Waals surface area (Å²) in [5.41, 5.74) is 0. The van der Waals surface area contributed by atoms with E-state index in [1.54, 1.807) is 0 Å². The summed E-state index contributed by atoms with van der Waals surface area (Å²) in [6.45, 7) is 6.64. The fourth-order valence-corrected chi connectivity index (χ4v) is 8.25. The van der Waals surface area contributed by atoms with Gasteiger partial charge in [-0.15, -0.1) is 0 Å². The van der Waals surface area contributed by atoms with E-state index in [0.717, 1.165) is 70.6 Å². The highest BCUT2D eigenvalue weighted by Gasteiger charge is 2.19. The van der Waals surface area contributed by atoms with Crippen LogP contribution in [0.15, 0.2) is 36.5 Å². The van der Waals surface area contributed by atoms with Gasteiger partial charge in [0, 0.05) is 19.3 Å². The molecule has 0 bridgehead atoms. The summed E-state index contributed by atoms with van der Waals surface area (Å²) < 4.78 is 16.9. The van der Waals surface area contributed by atoms with Crippen LogP contribution >= 0.6 is 0 Å². The zero-order chi connectivity index (χ0) is 47.2. The summed E-state index contributed by atoms with van der Waals surface area (Å²) in [6, 6.07) is 0. The first-order valence-electron chi connectivity index (χ1n) is 28.5. The molecule has 0 saturated carbocycles. The van der Waals surface area contributed by atoms with Crippen LogP contribution in [0.1, 0.15) is 303 Å². The van der Waals surface area contributed by atoms with E-state index in [4.69, 9.17) is 14.2 Å². The van der Waals surface area contributed by atoms with E-state index < -0.39 is 6.10 Å². The van der Waals surface area contributed by atoms with Crippen LogP contribution in [0.5, 0.6) is 0 Å². The molecule has 0 rings (SSSR count). The van der Waals surface area contributed by atoms with Crippen molar-refractivity contribution in [3.05, 3.63) is 36.5 Å². The lowest BCUT2D eigenvalue weighted by atomic mass is 10.1. The number of carbonyl (C=O) groups excluding carboxylic acids is 3. The lowest BCUT2D eigenvalue weighted by Gasteiger charge is -2.18. The maximum Gasteiger partial charge on any atom is 0.306 e. The average molecular weight is 914 g/mol. The number of carbonyl (C=O) groups is 3. The number of ether oxygens (including phenoxy) is 3. The number of unbranched alkanes of at least 4 members (excludes halogenated alkanes) is 35. The first kappa shape index (κ1) is 62.6. The molecule has 6 nitrogen and oxygen atoms in total. The summed E-state index contributed by atoms with van der Waals surface area (Å²) in [5, 5.41) is 0. The largest absolute Gasteiger partial charge is 0.462 e. The van der Waals surface area contributed by atoms with E-state index in [0.29, 0.717) is 19.3 Å². The smallest absolute Gasteiger partial charge is 0.306 e. The first-order valence-corrected chi connectivity index (χ1v) is 28.5. The standard InChI is InChI=1S/C59H108O6/c1-4-7-10-13-16-19-22-25-28-29-32-34-37-40-43-46-49-52-58(61)64-55-56(65-59(62)53-50-47-44-41-38-35-31-27-24-21-18-15-12-9-6-3)54-63-57(60)51-48-45-42-39-36-33-30-26-23-20-17-14-11-8-5-2/h25-28,30-31,56H,4-24,29,32-55H2,1-3H3/b28-25-,30-26-,31-27-. The minimum absolute atomic E-state index is 0.0783.